The molecule has 0 atom stereocenters. The molecule has 0 unspecified atom stereocenters. The highest BCUT2D eigenvalue weighted by Gasteiger charge is 2.12. The van der Waals surface area contributed by atoms with Crippen LogP contribution in [-0.4, -0.2) is 17.0 Å². The van der Waals surface area contributed by atoms with Crippen LogP contribution in [0.4, 0.5) is 10.2 Å². The summed E-state index contributed by atoms with van der Waals surface area (Å²) in [6.45, 7) is 6.08. The van der Waals surface area contributed by atoms with Gasteiger partial charge in [-0.15, -0.1) is 0 Å². The van der Waals surface area contributed by atoms with Crippen LogP contribution in [0.5, 0.6) is 0 Å². The van der Waals surface area contributed by atoms with Crippen LogP contribution in [0.2, 0.25) is 0 Å². The van der Waals surface area contributed by atoms with E-state index in [4.69, 9.17) is 0 Å². The van der Waals surface area contributed by atoms with Crippen LogP contribution in [0.1, 0.15) is 16.7 Å². The minimum atomic E-state index is -0.441. The van der Waals surface area contributed by atoms with Crippen LogP contribution in [0.25, 0.3) is 11.4 Å². The maximum Gasteiger partial charge on any atom is 0.183 e. The van der Waals surface area contributed by atoms with Gasteiger partial charge in [0.15, 0.2) is 17.5 Å². The average molecular weight is 245 g/mol. The summed E-state index contributed by atoms with van der Waals surface area (Å²) in [5.74, 6) is 0.332. The minimum absolute atomic E-state index is 0.222. The van der Waals surface area contributed by atoms with Crippen molar-refractivity contribution in [1.29, 1.82) is 0 Å². The Kier molecular flexibility index (Phi) is 3.28. The highest BCUT2D eigenvalue weighted by Crippen LogP contribution is 2.26. The predicted octanol–water partition coefficient (Wildman–Crippen LogP) is 3.25. The van der Waals surface area contributed by atoms with Gasteiger partial charge in [0.05, 0.1) is 6.20 Å². The van der Waals surface area contributed by atoms with E-state index in [1.54, 1.807) is 7.05 Å². The Labute approximate surface area is 106 Å². The van der Waals surface area contributed by atoms with Crippen molar-refractivity contribution in [2.24, 2.45) is 0 Å². The molecule has 0 fully saturated rings. The number of aromatic nitrogens is 2. The Bertz CT molecular complexity index is 571. The fourth-order valence-corrected chi connectivity index (χ4v) is 2.20. The Hall–Kier alpha value is -1.97. The zero-order valence-corrected chi connectivity index (χ0v) is 11.0. The topological polar surface area (TPSA) is 37.8 Å². The second-order valence-corrected chi connectivity index (χ2v) is 4.41. The monoisotopic (exact) mass is 245 g/mol. The van der Waals surface area contributed by atoms with Gasteiger partial charge >= 0.3 is 0 Å². The number of nitrogens with one attached hydrogen (secondary N) is 1. The van der Waals surface area contributed by atoms with Crippen molar-refractivity contribution in [3.05, 3.63) is 40.8 Å². The van der Waals surface area contributed by atoms with Crippen molar-refractivity contribution in [3.8, 4) is 11.4 Å². The summed E-state index contributed by atoms with van der Waals surface area (Å²) < 4.78 is 13.4. The van der Waals surface area contributed by atoms with E-state index in [2.05, 4.69) is 27.4 Å². The third kappa shape index (κ3) is 2.18. The normalized spacial score (nSPS) is 10.5. The third-order valence-electron chi connectivity index (χ3n) is 2.88. The molecule has 0 amide bonds. The molecule has 0 aliphatic heterocycles. The molecule has 4 heteroatoms. The first kappa shape index (κ1) is 12.5. The predicted molar refractivity (Wildman–Crippen MR) is 71.2 cm³/mol. The molecule has 0 aliphatic rings. The molecule has 1 aromatic carbocycles. The van der Waals surface area contributed by atoms with Crippen LogP contribution >= 0.6 is 0 Å². The van der Waals surface area contributed by atoms with E-state index >= 15 is 0 Å². The van der Waals surface area contributed by atoms with Crippen LogP contribution in [-0.2, 0) is 0 Å². The highest BCUT2D eigenvalue weighted by atomic mass is 19.1. The third-order valence-corrected chi connectivity index (χ3v) is 2.88. The van der Waals surface area contributed by atoms with Gasteiger partial charge in [0.1, 0.15) is 0 Å². The minimum Gasteiger partial charge on any atom is -0.371 e. The Morgan fingerprint density at radius 3 is 2.28 bits per heavy atom. The number of benzene rings is 1. The maximum atomic E-state index is 13.4. The Balaban J connectivity index is 2.62. The maximum absolute atomic E-state index is 13.4. The number of hydrogen-bond acceptors (Lipinski definition) is 3. The molecule has 2 aromatic rings. The van der Waals surface area contributed by atoms with Gasteiger partial charge < -0.3 is 5.32 Å². The second kappa shape index (κ2) is 4.72. The van der Waals surface area contributed by atoms with Crippen molar-refractivity contribution in [3.63, 3.8) is 0 Å². The lowest BCUT2D eigenvalue weighted by molar-refractivity contribution is 0.619. The summed E-state index contributed by atoms with van der Waals surface area (Å²) in [4.78, 5) is 8.30. The van der Waals surface area contributed by atoms with Gasteiger partial charge in [0.2, 0.25) is 0 Å². The van der Waals surface area contributed by atoms with E-state index in [0.717, 1.165) is 16.7 Å². The van der Waals surface area contributed by atoms with Crippen molar-refractivity contribution in [2.75, 3.05) is 12.4 Å². The number of nitrogens with zero attached hydrogens (tertiary/aromatic N) is 2. The molecular formula is C14H16FN3. The van der Waals surface area contributed by atoms with E-state index in [-0.39, 0.29) is 5.82 Å². The highest BCUT2D eigenvalue weighted by molar-refractivity contribution is 5.66. The van der Waals surface area contributed by atoms with Crippen LogP contribution in [0.15, 0.2) is 18.3 Å². The van der Waals surface area contributed by atoms with Crippen molar-refractivity contribution in [1.82, 2.24) is 9.97 Å². The van der Waals surface area contributed by atoms with Crippen LogP contribution in [0.3, 0.4) is 0 Å². The summed E-state index contributed by atoms with van der Waals surface area (Å²) in [6.07, 6.45) is 1.20. The molecule has 0 saturated carbocycles. The Morgan fingerprint density at radius 1 is 1.11 bits per heavy atom. The molecule has 0 saturated heterocycles. The lowest BCUT2D eigenvalue weighted by Crippen LogP contribution is -2.02. The lowest BCUT2D eigenvalue weighted by atomic mass is 9.99. The first-order valence-corrected chi connectivity index (χ1v) is 5.81. The smallest absolute Gasteiger partial charge is 0.183 e. The summed E-state index contributed by atoms with van der Waals surface area (Å²) >= 11 is 0. The molecule has 0 spiro atoms. The SMILES string of the molecule is CNc1nc(-c2c(C)cc(C)cc2C)ncc1F. The molecule has 3 nitrogen and oxygen atoms in total. The van der Waals surface area contributed by atoms with E-state index in [1.807, 2.05) is 20.8 Å². The molecule has 18 heavy (non-hydrogen) atoms. The largest absolute Gasteiger partial charge is 0.371 e. The van der Waals surface area contributed by atoms with E-state index in [0.29, 0.717) is 5.82 Å². The van der Waals surface area contributed by atoms with Gasteiger partial charge in [-0.05, 0) is 31.9 Å². The van der Waals surface area contributed by atoms with Gasteiger partial charge in [-0.1, -0.05) is 17.7 Å². The van der Waals surface area contributed by atoms with Crippen LogP contribution < -0.4 is 5.32 Å². The summed E-state index contributed by atoms with van der Waals surface area (Å²) in [7, 11) is 1.64. The second-order valence-electron chi connectivity index (χ2n) is 4.41. The molecule has 0 aliphatic carbocycles. The summed E-state index contributed by atoms with van der Waals surface area (Å²) in [6, 6.07) is 4.15. The quantitative estimate of drug-likeness (QED) is 0.882. The van der Waals surface area contributed by atoms with Crippen LogP contribution in [0, 0.1) is 26.6 Å². The number of rotatable bonds is 2. The van der Waals surface area contributed by atoms with Gasteiger partial charge in [-0.2, -0.15) is 0 Å². The molecule has 2 rings (SSSR count). The fourth-order valence-electron chi connectivity index (χ4n) is 2.20. The number of hydrogen-bond donors (Lipinski definition) is 1. The molecular weight excluding hydrogens is 229 g/mol. The summed E-state index contributed by atoms with van der Waals surface area (Å²) in [5, 5.41) is 2.73. The molecule has 0 radical (unpaired) electrons. The molecule has 94 valence electrons. The van der Waals surface area contributed by atoms with Crippen molar-refractivity contribution >= 4 is 5.82 Å². The van der Waals surface area contributed by atoms with Gasteiger partial charge in [0, 0.05) is 12.6 Å². The number of aryl methyl sites for hydroxylation is 3. The van der Waals surface area contributed by atoms with Gasteiger partial charge in [-0.3, -0.25) is 0 Å². The molecule has 1 aromatic heterocycles. The number of halogens is 1. The van der Waals surface area contributed by atoms with Crippen molar-refractivity contribution < 1.29 is 4.39 Å². The zero-order valence-electron chi connectivity index (χ0n) is 11.0. The summed E-state index contributed by atoms with van der Waals surface area (Å²) in [5.41, 5.74) is 4.36. The standard InChI is InChI=1S/C14H16FN3/c1-8-5-9(2)12(10(3)6-8)14-17-7-11(15)13(16-4)18-14/h5-7H,1-4H3,(H,16,17,18). The zero-order chi connectivity index (χ0) is 13.3. The Morgan fingerprint density at radius 2 is 1.72 bits per heavy atom. The lowest BCUT2D eigenvalue weighted by Gasteiger charge is -2.11. The average Bonchev–Trinajstić information content (AvgIpc) is 2.30. The van der Waals surface area contributed by atoms with E-state index in [9.17, 15) is 4.39 Å². The van der Waals surface area contributed by atoms with Gasteiger partial charge in [-0.25, -0.2) is 14.4 Å². The first-order chi connectivity index (χ1) is 8.52. The van der Waals surface area contributed by atoms with Gasteiger partial charge in [0.25, 0.3) is 0 Å². The van der Waals surface area contributed by atoms with Crippen molar-refractivity contribution in [2.45, 2.75) is 20.8 Å². The molecule has 1 heterocycles. The van der Waals surface area contributed by atoms with E-state index in [1.165, 1.54) is 11.8 Å². The molecule has 1 N–H and O–H groups in total. The van der Waals surface area contributed by atoms with E-state index < -0.39 is 5.82 Å². The molecule has 0 bridgehead atoms. The fraction of sp³-hybridized carbons (Fsp3) is 0.286. The number of anilines is 1. The first-order valence-electron chi connectivity index (χ1n) is 5.81.